The van der Waals surface area contributed by atoms with Crippen LogP contribution >= 0.6 is 0 Å². The zero-order valence-corrected chi connectivity index (χ0v) is 21.0. The number of aromatic nitrogens is 2. The number of carbonyl (C=O) groups excluding carboxylic acids is 1. The molecule has 0 saturated heterocycles. The van der Waals surface area contributed by atoms with Crippen LogP contribution in [0, 0.1) is 6.92 Å². The summed E-state index contributed by atoms with van der Waals surface area (Å²) in [6.07, 6.45) is 4.19. The second-order valence-corrected chi connectivity index (χ2v) is 11.3. The van der Waals surface area contributed by atoms with Crippen LogP contribution in [0.5, 0.6) is 0 Å². The average Bonchev–Trinajstić information content (AvgIpc) is 3.09. The molecular weight excluding hydrogens is 450 g/mol. The highest BCUT2D eigenvalue weighted by atomic mass is 32.2. The number of rotatable bonds is 7. The number of amides is 1. The topological polar surface area (TPSA) is 90.2 Å². The summed E-state index contributed by atoms with van der Waals surface area (Å²) in [7, 11) is -3.69. The number of aryl methyl sites for hydroxylation is 3. The van der Waals surface area contributed by atoms with Gasteiger partial charge in [-0.15, -0.1) is 0 Å². The largest absolute Gasteiger partial charge is 0.329 e. The van der Waals surface area contributed by atoms with Gasteiger partial charge in [-0.2, -0.15) is 0 Å². The zero-order chi connectivity index (χ0) is 24.5. The Labute approximate surface area is 200 Å². The van der Waals surface area contributed by atoms with E-state index in [1.807, 2.05) is 45.0 Å². The number of benzene rings is 2. The summed E-state index contributed by atoms with van der Waals surface area (Å²) in [6, 6.07) is 10.9. The average molecular weight is 484 g/mol. The molecule has 1 amide bonds. The van der Waals surface area contributed by atoms with Crippen LogP contribution in [0.1, 0.15) is 57.1 Å². The molecule has 0 spiro atoms. The van der Waals surface area contributed by atoms with Gasteiger partial charge in [0.1, 0.15) is 0 Å². The smallest absolute Gasteiger partial charge is 0.325 e. The van der Waals surface area contributed by atoms with Crippen molar-refractivity contribution < 1.29 is 13.2 Å². The highest BCUT2D eigenvalue weighted by molar-refractivity contribution is 7.92. The van der Waals surface area contributed by atoms with Gasteiger partial charge in [0.25, 0.3) is 0 Å². The van der Waals surface area contributed by atoms with Gasteiger partial charge in [0.15, 0.2) is 9.84 Å². The maximum Gasteiger partial charge on any atom is 0.329 e. The number of nitrogens with zero attached hydrogens (tertiary/aromatic N) is 2. The van der Waals surface area contributed by atoms with E-state index in [1.165, 1.54) is 0 Å². The first-order valence-electron chi connectivity index (χ1n) is 12.1. The van der Waals surface area contributed by atoms with E-state index < -0.39 is 15.1 Å². The molecule has 2 aromatic carbocycles. The molecule has 1 fully saturated rings. The lowest BCUT2D eigenvalue weighted by Gasteiger charge is -2.23. The van der Waals surface area contributed by atoms with Gasteiger partial charge in [-0.1, -0.05) is 43.5 Å². The molecule has 1 aliphatic carbocycles. The van der Waals surface area contributed by atoms with Gasteiger partial charge in [0, 0.05) is 13.1 Å². The minimum absolute atomic E-state index is 0.112. The van der Waals surface area contributed by atoms with Gasteiger partial charge in [0.2, 0.25) is 5.91 Å². The van der Waals surface area contributed by atoms with Gasteiger partial charge in [-0.25, -0.2) is 13.2 Å². The Morgan fingerprint density at radius 3 is 2.24 bits per heavy atom. The van der Waals surface area contributed by atoms with E-state index in [2.05, 4.69) is 5.32 Å². The Morgan fingerprint density at radius 1 is 1.00 bits per heavy atom. The van der Waals surface area contributed by atoms with Gasteiger partial charge in [-0.05, 0) is 56.9 Å². The first kappa shape index (κ1) is 24.3. The minimum atomic E-state index is -3.69. The minimum Gasteiger partial charge on any atom is -0.325 e. The molecule has 7 nitrogen and oxygen atoms in total. The van der Waals surface area contributed by atoms with Crippen molar-refractivity contribution >= 4 is 32.5 Å². The maximum atomic E-state index is 13.8. The van der Waals surface area contributed by atoms with Crippen molar-refractivity contribution in [3.63, 3.8) is 0 Å². The van der Waals surface area contributed by atoms with Gasteiger partial charge < -0.3 is 5.32 Å². The third-order valence-electron chi connectivity index (χ3n) is 6.94. The number of nitrogens with one attached hydrogen (secondary N) is 1. The van der Waals surface area contributed by atoms with Crippen LogP contribution in [0.4, 0.5) is 5.69 Å². The van der Waals surface area contributed by atoms with Gasteiger partial charge >= 0.3 is 5.69 Å². The molecule has 4 rings (SSSR count). The number of imidazole rings is 1. The van der Waals surface area contributed by atoms with Crippen LogP contribution in [0.2, 0.25) is 0 Å². The maximum absolute atomic E-state index is 13.8. The predicted octanol–water partition coefficient (Wildman–Crippen LogP) is 4.44. The molecule has 0 radical (unpaired) electrons. The first-order valence-corrected chi connectivity index (χ1v) is 13.7. The fourth-order valence-corrected chi connectivity index (χ4v) is 7.02. The van der Waals surface area contributed by atoms with E-state index in [0.717, 1.165) is 30.4 Å². The normalized spacial score (nSPS) is 15.0. The van der Waals surface area contributed by atoms with E-state index in [-0.39, 0.29) is 28.6 Å². The lowest BCUT2D eigenvalue weighted by molar-refractivity contribution is -0.115. The molecule has 0 aliphatic heterocycles. The van der Waals surface area contributed by atoms with Crippen molar-refractivity contribution in [2.75, 3.05) is 5.32 Å². The molecule has 8 heteroatoms. The summed E-state index contributed by atoms with van der Waals surface area (Å²) >= 11 is 0. The van der Waals surface area contributed by atoms with Crippen LogP contribution < -0.4 is 11.0 Å². The molecule has 1 aliphatic rings. The summed E-state index contributed by atoms with van der Waals surface area (Å²) < 4.78 is 30.7. The van der Waals surface area contributed by atoms with E-state index >= 15 is 0 Å². The number of sulfone groups is 1. The molecule has 1 saturated carbocycles. The van der Waals surface area contributed by atoms with E-state index in [4.69, 9.17) is 0 Å². The van der Waals surface area contributed by atoms with Gasteiger partial charge in [0.05, 0.1) is 33.3 Å². The van der Waals surface area contributed by atoms with Gasteiger partial charge in [-0.3, -0.25) is 13.9 Å². The van der Waals surface area contributed by atoms with Crippen LogP contribution in [0.25, 0.3) is 11.0 Å². The molecule has 34 heavy (non-hydrogen) atoms. The molecule has 0 unspecified atom stereocenters. The first-order chi connectivity index (χ1) is 16.3. The third-order valence-corrected chi connectivity index (χ3v) is 9.24. The van der Waals surface area contributed by atoms with E-state index in [1.54, 1.807) is 21.3 Å². The van der Waals surface area contributed by atoms with Crippen LogP contribution in [-0.4, -0.2) is 28.7 Å². The van der Waals surface area contributed by atoms with Crippen molar-refractivity contribution in [1.82, 2.24) is 9.13 Å². The summed E-state index contributed by atoms with van der Waals surface area (Å²) in [5, 5.41) is 2.41. The second kappa shape index (κ2) is 9.78. The standard InChI is InChI=1S/C26H33N3O4S/c1-4-28-22-16-21(27-25(30)15-19-12-10-9-11-18(19)3)24(17-23(22)29(5-2)26(28)31)34(32,33)20-13-7-6-8-14-20/h9-12,16-17,20H,4-8,13-15H2,1-3H3,(H,27,30). The number of hydrogen-bond acceptors (Lipinski definition) is 4. The monoisotopic (exact) mass is 483 g/mol. The summed E-state index contributed by atoms with van der Waals surface area (Å²) in [5.41, 5.74) is 3.18. The molecule has 1 N–H and O–H groups in total. The fraction of sp³-hybridized carbons (Fsp3) is 0.462. The summed E-state index contributed by atoms with van der Waals surface area (Å²) in [6.45, 7) is 6.58. The third kappa shape index (κ3) is 4.43. The molecule has 182 valence electrons. The molecule has 1 heterocycles. The second-order valence-electron chi connectivity index (χ2n) is 9.06. The van der Waals surface area contributed by atoms with E-state index in [0.29, 0.717) is 37.0 Å². The van der Waals surface area contributed by atoms with Crippen molar-refractivity contribution in [1.29, 1.82) is 0 Å². The predicted molar refractivity (Wildman–Crippen MR) is 135 cm³/mol. The summed E-state index contributed by atoms with van der Waals surface area (Å²) in [5.74, 6) is -0.283. The number of anilines is 1. The highest BCUT2D eigenvalue weighted by Gasteiger charge is 2.32. The van der Waals surface area contributed by atoms with Crippen LogP contribution in [0.15, 0.2) is 46.1 Å². The van der Waals surface area contributed by atoms with Crippen molar-refractivity contribution in [2.45, 2.75) is 82.5 Å². The zero-order valence-electron chi connectivity index (χ0n) is 20.1. The van der Waals surface area contributed by atoms with Crippen LogP contribution in [-0.2, 0) is 34.1 Å². The molecular formula is C26H33N3O4S. The Morgan fingerprint density at radius 2 is 1.62 bits per heavy atom. The lowest BCUT2D eigenvalue weighted by Crippen LogP contribution is -2.26. The van der Waals surface area contributed by atoms with Crippen molar-refractivity contribution in [3.8, 4) is 0 Å². The Hall–Kier alpha value is -2.87. The Bertz CT molecular complexity index is 1380. The number of fused-ring (bicyclic) bond motifs is 1. The van der Waals surface area contributed by atoms with Crippen molar-refractivity contribution in [3.05, 3.63) is 58.0 Å². The molecule has 0 atom stereocenters. The van der Waals surface area contributed by atoms with E-state index in [9.17, 15) is 18.0 Å². The quantitative estimate of drug-likeness (QED) is 0.538. The van der Waals surface area contributed by atoms with Crippen LogP contribution in [0.3, 0.4) is 0 Å². The highest BCUT2D eigenvalue weighted by Crippen LogP contribution is 2.35. The molecule has 3 aromatic rings. The Kier molecular flexibility index (Phi) is 6.98. The summed E-state index contributed by atoms with van der Waals surface area (Å²) in [4.78, 5) is 26.1. The number of hydrogen-bond donors (Lipinski definition) is 1. The SMILES string of the molecule is CCn1c(=O)n(CC)c2cc(S(=O)(=O)C3CCCCC3)c(NC(=O)Cc3ccccc3C)cc21. The lowest BCUT2D eigenvalue weighted by atomic mass is 10.0. The molecule has 1 aromatic heterocycles. The molecule has 0 bridgehead atoms. The Balaban J connectivity index is 1.84. The number of carbonyl (C=O) groups is 1. The fourth-order valence-electron chi connectivity index (χ4n) is 5.02. The van der Waals surface area contributed by atoms with Crippen molar-refractivity contribution in [2.24, 2.45) is 0 Å².